The van der Waals surface area contributed by atoms with E-state index >= 15 is 0 Å². The fourth-order valence-corrected chi connectivity index (χ4v) is 3.42. The molecule has 1 N–H and O–H groups in total. The maximum atomic E-state index is 12.8. The Kier molecular flexibility index (Phi) is 6.23. The molecule has 0 aliphatic carbocycles. The van der Waals surface area contributed by atoms with Crippen LogP contribution in [0.1, 0.15) is 45.7 Å². The molecule has 0 fully saturated rings. The number of aromatic nitrogens is 1. The van der Waals surface area contributed by atoms with Crippen molar-refractivity contribution in [1.82, 2.24) is 9.88 Å². The van der Waals surface area contributed by atoms with Gasteiger partial charge in [0.05, 0.1) is 19.4 Å². The number of H-pyrrole nitrogens is 1. The van der Waals surface area contributed by atoms with Crippen LogP contribution in [0.25, 0.3) is 10.9 Å². The molecule has 2 aromatic rings. The second kappa shape index (κ2) is 8.19. The summed E-state index contributed by atoms with van der Waals surface area (Å²) in [5.41, 5.74) is 2.75. The summed E-state index contributed by atoms with van der Waals surface area (Å²) in [6.07, 6.45) is 2.40. The van der Waals surface area contributed by atoms with Gasteiger partial charge in [0, 0.05) is 29.2 Å². The van der Waals surface area contributed by atoms with Crippen molar-refractivity contribution in [2.75, 3.05) is 6.61 Å². The van der Waals surface area contributed by atoms with E-state index in [9.17, 15) is 9.59 Å². The van der Waals surface area contributed by atoms with Gasteiger partial charge in [0.15, 0.2) is 0 Å². The van der Waals surface area contributed by atoms with E-state index in [2.05, 4.69) is 4.98 Å². The van der Waals surface area contributed by atoms with Crippen LogP contribution in [0.5, 0.6) is 0 Å². The minimum atomic E-state index is -0.250. The summed E-state index contributed by atoms with van der Waals surface area (Å²) in [4.78, 5) is 29.8. The Labute approximate surface area is 149 Å². The monoisotopic (exact) mass is 344 g/mol. The van der Waals surface area contributed by atoms with Crippen molar-refractivity contribution in [3.63, 3.8) is 0 Å². The number of benzene rings is 1. The lowest BCUT2D eigenvalue weighted by Gasteiger charge is -2.30. The van der Waals surface area contributed by atoms with Crippen LogP contribution < -0.4 is 0 Å². The van der Waals surface area contributed by atoms with Crippen molar-refractivity contribution in [2.24, 2.45) is 0 Å². The number of hydrogen-bond donors (Lipinski definition) is 1. The van der Waals surface area contributed by atoms with E-state index in [1.54, 1.807) is 6.92 Å². The molecule has 1 aromatic heterocycles. The van der Waals surface area contributed by atoms with Crippen molar-refractivity contribution < 1.29 is 14.3 Å². The van der Waals surface area contributed by atoms with Gasteiger partial charge in [-0.15, -0.1) is 0 Å². The number of hydrogen-bond acceptors (Lipinski definition) is 3. The zero-order valence-corrected chi connectivity index (χ0v) is 15.8. The normalized spacial score (nSPS) is 11.3. The Hall–Kier alpha value is -2.30. The Morgan fingerprint density at radius 3 is 2.36 bits per heavy atom. The van der Waals surface area contributed by atoms with Crippen molar-refractivity contribution in [2.45, 2.75) is 59.5 Å². The Morgan fingerprint density at radius 2 is 1.76 bits per heavy atom. The summed E-state index contributed by atoms with van der Waals surface area (Å²) in [5, 5.41) is 0.955. The second-order valence-electron chi connectivity index (χ2n) is 6.80. The van der Waals surface area contributed by atoms with Gasteiger partial charge in [0.2, 0.25) is 5.91 Å². The van der Waals surface area contributed by atoms with E-state index < -0.39 is 0 Å². The minimum absolute atomic E-state index is 0.0943. The summed E-state index contributed by atoms with van der Waals surface area (Å²) in [6.45, 7) is 10.3. The number of nitrogens with zero attached hydrogens (tertiary/aromatic N) is 1. The van der Waals surface area contributed by atoms with Crippen LogP contribution in [0.15, 0.2) is 24.4 Å². The smallest absolute Gasteiger partial charge is 0.310 e. The highest BCUT2D eigenvalue weighted by molar-refractivity contribution is 5.93. The molecule has 0 saturated heterocycles. The summed E-state index contributed by atoms with van der Waals surface area (Å²) < 4.78 is 5.07. The van der Waals surface area contributed by atoms with Gasteiger partial charge in [0.1, 0.15) is 0 Å². The maximum absolute atomic E-state index is 12.8. The second-order valence-corrected chi connectivity index (χ2v) is 6.80. The average Bonchev–Trinajstić information content (AvgIpc) is 2.90. The van der Waals surface area contributed by atoms with E-state index in [0.717, 1.165) is 22.0 Å². The molecule has 0 unspecified atom stereocenters. The first-order chi connectivity index (χ1) is 11.8. The fraction of sp³-hybridized carbons (Fsp3) is 0.500. The lowest BCUT2D eigenvalue weighted by atomic mass is 10.0. The van der Waals surface area contributed by atoms with E-state index in [-0.39, 0.29) is 30.4 Å². The van der Waals surface area contributed by atoms with Gasteiger partial charge in [-0.05, 0) is 51.8 Å². The summed E-state index contributed by atoms with van der Waals surface area (Å²) >= 11 is 0. The van der Waals surface area contributed by atoms with Crippen LogP contribution >= 0.6 is 0 Å². The third kappa shape index (κ3) is 4.41. The molecule has 0 spiro atoms. The van der Waals surface area contributed by atoms with Gasteiger partial charge in [-0.1, -0.05) is 12.1 Å². The van der Waals surface area contributed by atoms with Gasteiger partial charge < -0.3 is 14.6 Å². The Balaban J connectivity index is 2.32. The molecule has 5 heteroatoms. The predicted octanol–water partition coefficient (Wildman–Crippen LogP) is 3.46. The highest BCUT2D eigenvalue weighted by Gasteiger charge is 2.22. The number of carbonyl (C=O) groups is 2. The highest BCUT2D eigenvalue weighted by atomic mass is 16.5. The van der Waals surface area contributed by atoms with Gasteiger partial charge in [-0.2, -0.15) is 0 Å². The molecular weight excluding hydrogens is 316 g/mol. The highest BCUT2D eigenvalue weighted by Crippen LogP contribution is 2.25. The zero-order chi connectivity index (χ0) is 18.6. The number of aromatic amines is 1. The van der Waals surface area contributed by atoms with Gasteiger partial charge in [-0.25, -0.2) is 0 Å². The standard InChI is InChI=1S/C20H28N2O3/c1-6-25-19(24)11-15-8-7-9-17-20(15)16(12-21-17)10-18(23)22(13(2)3)14(4)5/h7-9,12-14,21H,6,10-11H2,1-5H3. The van der Waals surface area contributed by atoms with E-state index in [4.69, 9.17) is 4.74 Å². The van der Waals surface area contributed by atoms with E-state index in [1.165, 1.54) is 0 Å². The van der Waals surface area contributed by atoms with Crippen LogP contribution in [-0.2, 0) is 27.2 Å². The molecule has 0 aliphatic heterocycles. The number of carbonyl (C=O) groups excluding carboxylic acids is 2. The zero-order valence-electron chi connectivity index (χ0n) is 15.8. The summed E-state index contributed by atoms with van der Waals surface area (Å²) in [6, 6.07) is 6.09. The first kappa shape index (κ1) is 19.0. The quantitative estimate of drug-likeness (QED) is 0.783. The van der Waals surface area contributed by atoms with Crippen LogP contribution in [0.2, 0.25) is 0 Å². The molecule has 0 atom stereocenters. The number of rotatable bonds is 7. The third-order valence-electron chi connectivity index (χ3n) is 4.26. The lowest BCUT2D eigenvalue weighted by molar-refractivity contribution is -0.142. The third-order valence-corrected chi connectivity index (χ3v) is 4.26. The van der Waals surface area contributed by atoms with Crippen molar-refractivity contribution >= 4 is 22.8 Å². The van der Waals surface area contributed by atoms with Crippen molar-refractivity contribution in [1.29, 1.82) is 0 Å². The van der Waals surface area contributed by atoms with E-state index in [0.29, 0.717) is 13.0 Å². The first-order valence-electron chi connectivity index (χ1n) is 8.89. The fourth-order valence-electron chi connectivity index (χ4n) is 3.42. The summed E-state index contributed by atoms with van der Waals surface area (Å²) in [5.74, 6) is -0.156. The van der Waals surface area contributed by atoms with Crippen molar-refractivity contribution in [3.8, 4) is 0 Å². The molecule has 0 aliphatic rings. The first-order valence-corrected chi connectivity index (χ1v) is 8.89. The molecule has 1 aromatic carbocycles. The number of fused-ring (bicyclic) bond motifs is 1. The molecule has 136 valence electrons. The number of amides is 1. The molecule has 1 heterocycles. The largest absolute Gasteiger partial charge is 0.466 e. The molecular formula is C20H28N2O3. The molecule has 25 heavy (non-hydrogen) atoms. The van der Waals surface area contributed by atoms with Gasteiger partial charge in [-0.3, -0.25) is 9.59 Å². The van der Waals surface area contributed by atoms with Crippen LogP contribution in [-0.4, -0.2) is 40.5 Å². The van der Waals surface area contributed by atoms with Crippen LogP contribution in [0.4, 0.5) is 0 Å². The number of nitrogens with one attached hydrogen (secondary N) is 1. The molecule has 0 bridgehead atoms. The van der Waals surface area contributed by atoms with Gasteiger partial charge >= 0.3 is 5.97 Å². The molecule has 1 amide bonds. The summed E-state index contributed by atoms with van der Waals surface area (Å²) in [7, 11) is 0. The number of esters is 1. The van der Waals surface area contributed by atoms with Crippen LogP contribution in [0.3, 0.4) is 0 Å². The van der Waals surface area contributed by atoms with E-state index in [1.807, 2.05) is 57.0 Å². The Bertz CT molecular complexity index is 738. The Morgan fingerprint density at radius 1 is 1.08 bits per heavy atom. The topological polar surface area (TPSA) is 62.4 Å². The van der Waals surface area contributed by atoms with Crippen molar-refractivity contribution in [3.05, 3.63) is 35.5 Å². The molecule has 2 rings (SSSR count). The maximum Gasteiger partial charge on any atom is 0.310 e. The predicted molar refractivity (Wildman–Crippen MR) is 99.5 cm³/mol. The molecule has 0 saturated carbocycles. The lowest BCUT2D eigenvalue weighted by Crippen LogP contribution is -2.42. The SMILES string of the molecule is CCOC(=O)Cc1cccc2[nH]cc(CC(=O)N(C(C)C)C(C)C)c12. The minimum Gasteiger partial charge on any atom is -0.466 e. The van der Waals surface area contributed by atoms with Gasteiger partial charge in [0.25, 0.3) is 0 Å². The van der Waals surface area contributed by atoms with Crippen LogP contribution in [0, 0.1) is 0 Å². The number of ether oxygens (including phenoxy) is 1. The molecule has 5 nitrogen and oxygen atoms in total. The molecule has 0 radical (unpaired) electrons. The average molecular weight is 344 g/mol.